The normalized spacial score (nSPS) is 14.4. The van der Waals surface area contributed by atoms with Gasteiger partial charge in [-0.05, 0) is 29.3 Å². The monoisotopic (exact) mass is 415 g/mol. The number of aromatic nitrogens is 2. The van der Waals surface area contributed by atoms with Gasteiger partial charge in [0.1, 0.15) is 17.0 Å². The summed E-state index contributed by atoms with van der Waals surface area (Å²) in [7, 11) is 0. The molecule has 4 rings (SSSR count). The molecule has 9 heteroatoms. The van der Waals surface area contributed by atoms with Gasteiger partial charge in [-0.1, -0.05) is 0 Å². The quantitative estimate of drug-likeness (QED) is 0.626. The summed E-state index contributed by atoms with van der Waals surface area (Å²) in [5.74, 6) is 1.02. The number of piperazine rings is 1. The molecular formula is C19H21N5O2S2. The molecule has 3 aromatic rings. The van der Waals surface area contributed by atoms with Crippen LogP contribution in [0.25, 0.3) is 10.2 Å². The Morgan fingerprint density at radius 2 is 1.96 bits per heavy atom. The lowest BCUT2D eigenvalue weighted by Gasteiger charge is -2.35. The van der Waals surface area contributed by atoms with Gasteiger partial charge in [-0.2, -0.15) is 11.3 Å². The number of carbonyl (C=O) groups is 2. The summed E-state index contributed by atoms with van der Waals surface area (Å²) in [6.07, 6.45) is 2.71. The van der Waals surface area contributed by atoms with Crippen molar-refractivity contribution in [2.24, 2.45) is 0 Å². The van der Waals surface area contributed by atoms with Gasteiger partial charge in [0, 0.05) is 50.1 Å². The first-order chi connectivity index (χ1) is 13.7. The molecular weight excluding hydrogens is 394 g/mol. The molecule has 4 heterocycles. The Labute approximate surface area is 171 Å². The van der Waals surface area contributed by atoms with E-state index in [0.717, 1.165) is 29.1 Å². The van der Waals surface area contributed by atoms with Crippen molar-refractivity contribution in [2.75, 3.05) is 37.6 Å². The van der Waals surface area contributed by atoms with Crippen LogP contribution in [0.3, 0.4) is 0 Å². The number of rotatable bonds is 6. The van der Waals surface area contributed by atoms with E-state index in [9.17, 15) is 9.59 Å². The average molecular weight is 416 g/mol. The number of hydrogen-bond donors (Lipinski definition) is 1. The van der Waals surface area contributed by atoms with Crippen molar-refractivity contribution >= 4 is 50.5 Å². The van der Waals surface area contributed by atoms with E-state index in [1.165, 1.54) is 11.3 Å². The molecule has 0 radical (unpaired) electrons. The molecule has 1 aliphatic rings. The number of fused-ring (bicyclic) bond motifs is 1. The Bertz CT molecular complexity index is 948. The third kappa shape index (κ3) is 4.15. The number of hydrogen-bond acceptors (Lipinski definition) is 7. The minimum atomic E-state index is -0.0769. The van der Waals surface area contributed by atoms with Crippen molar-refractivity contribution in [1.82, 2.24) is 20.2 Å². The minimum absolute atomic E-state index is 0.0769. The lowest BCUT2D eigenvalue weighted by Crippen LogP contribution is -2.49. The fraction of sp³-hybridized carbons (Fsp3) is 0.368. The van der Waals surface area contributed by atoms with Crippen LogP contribution in [0.15, 0.2) is 34.6 Å². The molecule has 0 aliphatic carbocycles. The van der Waals surface area contributed by atoms with Gasteiger partial charge in [0.25, 0.3) is 5.91 Å². The predicted molar refractivity (Wildman–Crippen MR) is 112 cm³/mol. The highest BCUT2D eigenvalue weighted by molar-refractivity contribution is 7.16. The highest BCUT2D eigenvalue weighted by Gasteiger charge is 2.23. The van der Waals surface area contributed by atoms with Gasteiger partial charge in [-0.25, -0.2) is 9.97 Å². The Balaban J connectivity index is 1.22. The van der Waals surface area contributed by atoms with Crippen molar-refractivity contribution in [1.29, 1.82) is 0 Å². The number of amides is 2. The summed E-state index contributed by atoms with van der Waals surface area (Å²) in [5.41, 5.74) is 0.678. The van der Waals surface area contributed by atoms with Crippen LogP contribution in [0.2, 0.25) is 0 Å². The Morgan fingerprint density at radius 1 is 1.11 bits per heavy atom. The van der Waals surface area contributed by atoms with Gasteiger partial charge in [0.15, 0.2) is 0 Å². The molecule has 0 bridgehead atoms. The first kappa shape index (κ1) is 18.8. The fourth-order valence-corrected chi connectivity index (χ4v) is 4.66. The number of carbonyl (C=O) groups excluding carboxylic acids is 2. The maximum atomic E-state index is 12.5. The van der Waals surface area contributed by atoms with Gasteiger partial charge < -0.3 is 15.1 Å². The molecule has 2 amide bonds. The molecule has 3 aromatic heterocycles. The van der Waals surface area contributed by atoms with Crippen LogP contribution in [-0.4, -0.2) is 59.4 Å². The Morgan fingerprint density at radius 3 is 2.75 bits per heavy atom. The summed E-state index contributed by atoms with van der Waals surface area (Å²) in [6, 6.07) is 3.85. The van der Waals surface area contributed by atoms with Crippen LogP contribution >= 0.6 is 22.7 Å². The summed E-state index contributed by atoms with van der Waals surface area (Å²) >= 11 is 3.11. The van der Waals surface area contributed by atoms with Gasteiger partial charge in [0.05, 0.1) is 5.39 Å². The molecule has 0 aromatic carbocycles. The number of nitrogens with zero attached hydrogens (tertiary/aromatic N) is 4. The molecule has 1 aliphatic heterocycles. The minimum Gasteiger partial charge on any atom is -0.352 e. The van der Waals surface area contributed by atoms with Crippen LogP contribution < -0.4 is 10.2 Å². The van der Waals surface area contributed by atoms with Crippen LogP contribution in [0.4, 0.5) is 5.82 Å². The maximum Gasteiger partial charge on any atom is 0.252 e. The smallest absolute Gasteiger partial charge is 0.252 e. The van der Waals surface area contributed by atoms with Crippen molar-refractivity contribution in [3.05, 3.63) is 40.2 Å². The molecule has 0 spiro atoms. The second-order valence-corrected chi connectivity index (χ2v) is 8.25. The van der Waals surface area contributed by atoms with E-state index < -0.39 is 0 Å². The molecule has 0 unspecified atom stereocenters. The van der Waals surface area contributed by atoms with E-state index >= 15 is 0 Å². The molecule has 1 saturated heterocycles. The van der Waals surface area contributed by atoms with E-state index in [1.54, 1.807) is 23.7 Å². The molecule has 28 heavy (non-hydrogen) atoms. The standard InChI is InChI=1S/C19H21N5O2S2/c25-16(2-1-5-20-18(26)14-3-10-27-12-14)23-6-8-24(9-7-23)17-15-4-11-28-19(15)22-13-21-17/h3-4,10-13H,1-2,5-9H2,(H,20,26). The van der Waals surface area contributed by atoms with Crippen LogP contribution in [0, 0.1) is 0 Å². The predicted octanol–water partition coefficient (Wildman–Crippen LogP) is 2.61. The van der Waals surface area contributed by atoms with E-state index in [1.807, 2.05) is 21.0 Å². The number of nitrogens with one attached hydrogen (secondary N) is 1. The van der Waals surface area contributed by atoms with E-state index in [2.05, 4.69) is 26.3 Å². The molecule has 146 valence electrons. The maximum absolute atomic E-state index is 12.5. The second-order valence-electron chi connectivity index (χ2n) is 6.58. The number of anilines is 1. The third-order valence-corrected chi connectivity index (χ3v) is 6.31. The first-order valence-electron chi connectivity index (χ1n) is 9.24. The lowest BCUT2D eigenvalue weighted by molar-refractivity contribution is -0.131. The van der Waals surface area contributed by atoms with E-state index in [-0.39, 0.29) is 11.8 Å². The fourth-order valence-electron chi connectivity index (χ4n) is 3.29. The third-order valence-electron chi connectivity index (χ3n) is 4.81. The second kappa shape index (κ2) is 8.66. The lowest BCUT2D eigenvalue weighted by atomic mass is 10.2. The molecule has 1 N–H and O–H groups in total. The Kier molecular flexibility index (Phi) is 5.82. The van der Waals surface area contributed by atoms with Crippen molar-refractivity contribution in [3.63, 3.8) is 0 Å². The van der Waals surface area contributed by atoms with Crippen molar-refractivity contribution in [2.45, 2.75) is 12.8 Å². The van der Waals surface area contributed by atoms with E-state index in [0.29, 0.717) is 38.0 Å². The van der Waals surface area contributed by atoms with Gasteiger partial charge in [0.2, 0.25) is 5.91 Å². The Hall–Kier alpha value is -2.52. The zero-order valence-electron chi connectivity index (χ0n) is 15.3. The zero-order valence-corrected chi connectivity index (χ0v) is 17.0. The average Bonchev–Trinajstić information content (AvgIpc) is 3.42. The van der Waals surface area contributed by atoms with Crippen molar-refractivity contribution < 1.29 is 9.59 Å². The SMILES string of the molecule is O=C(NCCCC(=O)N1CCN(c2ncnc3sccc23)CC1)c1ccsc1. The first-order valence-corrected chi connectivity index (χ1v) is 11.1. The topological polar surface area (TPSA) is 78.4 Å². The van der Waals surface area contributed by atoms with Crippen molar-refractivity contribution in [3.8, 4) is 0 Å². The highest BCUT2D eigenvalue weighted by Crippen LogP contribution is 2.27. The highest BCUT2D eigenvalue weighted by atomic mass is 32.1. The van der Waals surface area contributed by atoms with Crippen LogP contribution in [0.5, 0.6) is 0 Å². The summed E-state index contributed by atoms with van der Waals surface area (Å²) in [5, 5.41) is 9.67. The van der Waals surface area contributed by atoms with Gasteiger partial charge in [-0.3, -0.25) is 9.59 Å². The van der Waals surface area contributed by atoms with Gasteiger partial charge in [-0.15, -0.1) is 11.3 Å². The zero-order chi connectivity index (χ0) is 19.3. The largest absolute Gasteiger partial charge is 0.352 e. The number of thiophene rings is 2. The molecule has 0 atom stereocenters. The summed E-state index contributed by atoms with van der Waals surface area (Å²) < 4.78 is 0. The van der Waals surface area contributed by atoms with Crippen LogP contribution in [-0.2, 0) is 4.79 Å². The molecule has 1 fully saturated rings. The summed E-state index contributed by atoms with van der Waals surface area (Å²) in [6.45, 7) is 3.42. The van der Waals surface area contributed by atoms with Gasteiger partial charge >= 0.3 is 0 Å². The molecule has 0 saturated carbocycles. The molecule has 7 nitrogen and oxygen atoms in total. The van der Waals surface area contributed by atoms with E-state index in [4.69, 9.17) is 0 Å². The van der Waals surface area contributed by atoms with Crippen LogP contribution in [0.1, 0.15) is 23.2 Å². The summed E-state index contributed by atoms with van der Waals surface area (Å²) in [4.78, 5) is 38.2.